The Hall–Kier alpha value is -1.70. The number of halogens is 1. The summed E-state index contributed by atoms with van der Waals surface area (Å²) in [6, 6.07) is 1.06. The first kappa shape index (κ1) is 16.4. The molecule has 6 nitrogen and oxygen atoms in total. The van der Waals surface area contributed by atoms with Crippen LogP contribution in [0.25, 0.3) is 0 Å². The molecule has 20 heavy (non-hydrogen) atoms. The standard InChI is InChI=1S/C12H18FN3O3S/c1-3-14-11-10(7-9(13)8-16-11)12(17)15-5-6-20(18,19)4-2/h7-8H,3-6H2,1-2H3,(H,14,16)(H,15,17). The first-order valence-corrected chi connectivity index (χ1v) is 8.09. The highest BCUT2D eigenvalue weighted by Crippen LogP contribution is 2.13. The number of carbonyl (C=O) groups excluding carboxylic acids is 1. The molecule has 0 saturated heterocycles. The molecular formula is C12H18FN3O3S. The Bertz CT molecular complexity index is 575. The van der Waals surface area contributed by atoms with Gasteiger partial charge in [-0.3, -0.25) is 4.79 Å². The van der Waals surface area contributed by atoms with Crippen molar-refractivity contribution in [3.8, 4) is 0 Å². The fourth-order valence-electron chi connectivity index (χ4n) is 1.48. The summed E-state index contributed by atoms with van der Waals surface area (Å²) in [4.78, 5) is 15.7. The second kappa shape index (κ2) is 7.18. The minimum atomic E-state index is -3.15. The number of sulfone groups is 1. The van der Waals surface area contributed by atoms with Crippen LogP contribution in [0.2, 0.25) is 0 Å². The van der Waals surface area contributed by atoms with Crippen molar-refractivity contribution >= 4 is 21.6 Å². The summed E-state index contributed by atoms with van der Waals surface area (Å²) in [6.07, 6.45) is 1.01. The van der Waals surface area contributed by atoms with Gasteiger partial charge in [-0.25, -0.2) is 17.8 Å². The van der Waals surface area contributed by atoms with Gasteiger partial charge in [0.05, 0.1) is 17.5 Å². The molecule has 1 aromatic heterocycles. The van der Waals surface area contributed by atoms with Gasteiger partial charge in [-0.2, -0.15) is 0 Å². The van der Waals surface area contributed by atoms with Gasteiger partial charge in [0.15, 0.2) is 9.84 Å². The SMILES string of the molecule is CCNc1ncc(F)cc1C(=O)NCCS(=O)(=O)CC. The second-order valence-corrected chi connectivity index (χ2v) is 6.55. The van der Waals surface area contributed by atoms with Crippen LogP contribution < -0.4 is 10.6 Å². The van der Waals surface area contributed by atoms with Crippen molar-refractivity contribution in [2.45, 2.75) is 13.8 Å². The molecule has 0 saturated carbocycles. The number of hydrogen-bond acceptors (Lipinski definition) is 5. The minimum absolute atomic E-state index is 0.0168. The molecule has 0 aliphatic heterocycles. The van der Waals surface area contributed by atoms with Crippen molar-refractivity contribution in [1.29, 1.82) is 0 Å². The average Bonchev–Trinajstić information content (AvgIpc) is 2.40. The fraction of sp³-hybridized carbons (Fsp3) is 0.500. The monoisotopic (exact) mass is 303 g/mol. The maximum atomic E-state index is 13.1. The number of amides is 1. The predicted octanol–water partition coefficient (Wildman–Crippen LogP) is 0.817. The van der Waals surface area contributed by atoms with Crippen LogP contribution in [0, 0.1) is 5.82 Å². The highest BCUT2D eigenvalue weighted by Gasteiger charge is 2.14. The Labute approximate surface area is 117 Å². The van der Waals surface area contributed by atoms with Crippen molar-refractivity contribution in [2.75, 3.05) is 29.9 Å². The molecule has 0 radical (unpaired) electrons. The fourth-order valence-corrected chi connectivity index (χ4v) is 2.18. The van der Waals surface area contributed by atoms with E-state index in [2.05, 4.69) is 15.6 Å². The Morgan fingerprint density at radius 3 is 2.70 bits per heavy atom. The van der Waals surface area contributed by atoms with Crippen molar-refractivity contribution in [3.05, 3.63) is 23.6 Å². The Morgan fingerprint density at radius 2 is 2.10 bits per heavy atom. The summed E-state index contributed by atoms with van der Waals surface area (Å²) in [5.41, 5.74) is 0.0562. The smallest absolute Gasteiger partial charge is 0.255 e. The molecule has 1 amide bonds. The second-order valence-electron chi connectivity index (χ2n) is 4.07. The molecule has 0 fully saturated rings. The van der Waals surface area contributed by atoms with Gasteiger partial charge in [0.1, 0.15) is 11.6 Å². The van der Waals surface area contributed by atoms with Crippen LogP contribution in [0.3, 0.4) is 0 Å². The van der Waals surface area contributed by atoms with E-state index >= 15 is 0 Å². The minimum Gasteiger partial charge on any atom is -0.370 e. The van der Waals surface area contributed by atoms with Gasteiger partial charge in [-0.1, -0.05) is 6.92 Å². The summed E-state index contributed by atoms with van der Waals surface area (Å²) in [5.74, 6) is -1.04. The molecule has 112 valence electrons. The number of rotatable bonds is 7. The first-order valence-electron chi connectivity index (χ1n) is 6.27. The van der Waals surface area contributed by atoms with E-state index in [0.29, 0.717) is 6.54 Å². The first-order chi connectivity index (χ1) is 9.39. The maximum Gasteiger partial charge on any atom is 0.255 e. The molecule has 2 N–H and O–H groups in total. The molecular weight excluding hydrogens is 285 g/mol. The van der Waals surface area contributed by atoms with Crippen molar-refractivity contribution in [1.82, 2.24) is 10.3 Å². The largest absolute Gasteiger partial charge is 0.370 e. The molecule has 0 atom stereocenters. The molecule has 8 heteroatoms. The van der Waals surface area contributed by atoms with Gasteiger partial charge in [0.25, 0.3) is 5.91 Å². The van der Waals surface area contributed by atoms with E-state index in [4.69, 9.17) is 0 Å². The third-order valence-electron chi connectivity index (χ3n) is 2.58. The van der Waals surface area contributed by atoms with Crippen molar-refractivity contribution in [3.63, 3.8) is 0 Å². The molecule has 1 heterocycles. The lowest BCUT2D eigenvalue weighted by Crippen LogP contribution is -2.30. The van der Waals surface area contributed by atoms with Crippen LogP contribution in [-0.2, 0) is 9.84 Å². The maximum absolute atomic E-state index is 13.1. The van der Waals surface area contributed by atoms with Crippen LogP contribution >= 0.6 is 0 Å². The van der Waals surface area contributed by atoms with E-state index in [1.807, 2.05) is 6.92 Å². The normalized spacial score (nSPS) is 11.2. The summed E-state index contributed by atoms with van der Waals surface area (Å²) in [5, 5.41) is 5.30. The number of nitrogens with zero attached hydrogens (tertiary/aromatic N) is 1. The Morgan fingerprint density at radius 1 is 1.40 bits per heavy atom. The molecule has 0 aromatic carbocycles. The molecule has 0 unspecified atom stereocenters. The summed E-state index contributed by atoms with van der Waals surface area (Å²) >= 11 is 0. The van der Waals surface area contributed by atoms with E-state index < -0.39 is 21.6 Å². The quantitative estimate of drug-likeness (QED) is 0.778. The lowest BCUT2D eigenvalue weighted by molar-refractivity contribution is 0.0956. The predicted molar refractivity (Wildman–Crippen MR) is 75.0 cm³/mol. The Kier molecular flexibility index (Phi) is 5.87. The molecule has 0 bridgehead atoms. The Balaban J connectivity index is 2.74. The highest BCUT2D eigenvalue weighted by atomic mass is 32.2. The topological polar surface area (TPSA) is 88.2 Å². The van der Waals surface area contributed by atoms with Crippen molar-refractivity contribution < 1.29 is 17.6 Å². The number of aromatic nitrogens is 1. The zero-order chi connectivity index (χ0) is 15.2. The summed E-state index contributed by atoms with van der Waals surface area (Å²) < 4.78 is 35.8. The molecule has 1 rings (SSSR count). The van der Waals surface area contributed by atoms with Crippen LogP contribution in [0.4, 0.5) is 10.2 Å². The average molecular weight is 303 g/mol. The van der Waals surface area contributed by atoms with Gasteiger partial charge >= 0.3 is 0 Å². The van der Waals surface area contributed by atoms with E-state index in [0.717, 1.165) is 12.3 Å². The number of anilines is 1. The van der Waals surface area contributed by atoms with Gasteiger partial charge in [-0.15, -0.1) is 0 Å². The number of carbonyl (C=O) groups is 1. The lowest BCUT2D eigenvalue weighted by atomic mass is 10.2. The third-order valence-corrected chi connectivity index (χ3v) is 4.29. The van der Waals surface area contributed by atoms with E-state index in [1.54, 1.807) is 0 Å². The number of pyridine rings is 1. The van der Waals surface area contributed by atoms with Gasteiger partial charge in [-0.05, 0) is 13.0 Å². The molecule has 1 aromatic rings. The zero-order valence-electron chi connectivity index (χ0n) is 11.4. The van der Waals surface area contributed by atoms with Crippen LogP contribution in [0.1, 0.15) is 24.2 Å². The molecule has 0 aliphatic carbocycles. The van der Waals surface area contributed by atoms with Crippen LogP contribution in [-0.4, -0.2) is 43.9 Å². The van der Waals surface area contributed by atoms with Crippen LogP contribution in [0.15, 0.2) is 12.3 Å². The van der Waals surface area contributed by atoms with Crippen LogP contribution in [0.5, 0.6) is 0 Å². The van der Waals surface area contributed by atoms with E-state index in [-0.39, 0.29) is 29.4 Å². The van der Waals surface area contributed by atoms with Crippen molar-refractivity contribution in [2.24, 2.45) is 0 Å². The highest BCUT2D eigenvalue weighted by molar-refractivity contribution is 7.91. The van der Waals surface area contributed by atoms with Gasteiger partial charge < -0.3 is 10.6 Å². The van der Waals surface area contributed by atoms with E-state index in [1.165, 1.54) is 6.92 Å². The summed E-state index contributed by atoms with van der Waals surface area (Å²) in [7, 11) is -3.15. The van der Waals surface area contributed by atoms with E-state index in [9.17, 15) is 17.6 Å². The number of nitrogens with one attached hydrogen (secondary N) is 2. The molecule has 0 spiro atoms. The molecule has 0 aliphatic rings. The van der Waals surface area contributed by atoms with Gasteiger partial charge in [0.2, 0.25) is 0 Å². The van der Waals surface area contributed by atoms with Gasteiger partial charge in [0, 0.05) is 18.8 Å². The zero-order valence-corrected chi connectivity index (χ0v) is 12.3. The summed E-state index contributed by atoms with van der Waals surface area (Å²) in [6.45, 7) is 3.87. The lowest BCUT2D eigenvalue weighted by Gasteiger charge is -2.10. The number of hydrogen-bond donors (Lipinski definition) is 2. The third kappa shape index (κ3) is 4.76.